The summed E-state index contributed by atoms with van der Waals surface area (Å²) in [6.45, 7) is 0. The average Bonchev–Trinajstić information content (AvgIpc) is 2.38. The summed E-state index contributed by atoms with van der Waals surface area (Å²) in [5.41, 5.74) is 0.147. The molecule has 70 valence electrons. The first-order valence-corrected chi connectivity index (χ1v) is 5.05. The lowest BCUT2D eigenvalue weighted by Gasteiger charge is -1.96. The van der Waals surface area contributed by atoms with Gasteiger partial charge >= 0.3 is 16.1 Å². The lowest BCUT2D eigenvalue weighted by molar-refractivity contribution is 0.0762. The van der Waals surface area contributed by atoms with Crippen LogP contribution in [0.1, 0.15) is 15.9 Å². The monoisotopic (exact) mass is 208 g/mol. The van der Waals surface area contributed by atoms with Crippen LogP contribution in [-0.4, -0.2) is 14.4 Å². The Morgan fingerprint density at radius 2 is 2.07 bits per heavy atom. The smallest absolute Gasteiger partial charge is 0.338 e. The van der Waals surface area contributed by atoms with Gasteiger partial charge < -0.3 is 4.18 Å². The molecule has 0 saturated carbocycles. The van der Waals surface area contributed by atoms with E-state index in [1.807, 2.05) is 0 Å². The Bertz CT molecular complexity index is 563. The molecule has 0 fully saturated rings. The van der Waals surface area contributed by atoms with E-state index in [0.717, 1.165) is 0 Å². The number of carbonyl (C=O) groups excluding carboxylic acids is 1. The van der Waals surface area contributed by atoms with Gasteiger partial charge in [0.25, 0.3) is 0 Å². The van der Waals surface area contributed by atoms with E-state index in [0.29, 0.717) is 0 Å². The number of carbonyl (C=O) groups is 1. The minimum absolute atomic E-state index is 0.000417. The Labute approximate surface area is 80.6 Å². The molecule has 0 amide bonds. The second-order valence-corrected chi connectivity index (χ2v) is 4.13. The number of fused-ring (bicyclic) bond motifs is 1. The molecule has 0 N–H and O–H groups in total. The van der Waals surface area contributed by atoms with Crippen molar-refractivity contribution in [3.8, 4) is 12.3 Å². The molecule has 1 aromatic carbocycles. The molecule has 0 unspecified atom stereocenters. The molecule has 0 aromatic heterocycles. The van der Waals surface area contributed by atoms with Gasteiger partial charge in [0.05, 0.1) is 5.56 Å². The van der Waals surface area contributed by atoms with Crippen LogP contribution in [0.15, 0.2) is 23.1 Å². The average molecular weight is 208 g/mol. The van der Waals surface area contributed by atoms with Crippen LogP contribution in [0.4, 0.5) is 0 Å². The van der Waals surface area contributed by atoms with E-state index < -0.39 is 16.1 Å². The van der Waals surface area contributed by atoms with Gasteiger partial charge in [0.1, 0.15) is 4.90 Å². The zero-order chi connectivity index (χ0) is 10.3. The summed E-state index contributed by atoms with van der Waals surface area (Å²) in [6.07, 6.45) is 5.11. The van der Waals surface area contributed by atoms with Crippen LogP contribution >= 0.6 is 0 Å². The van der Waals surface area contributed by atoms with Crippen molar-refractivity contribution in [3.63, 3.8) is 0 Å². The first-order chi connectivity index (χ1) is 6.56. The highest BCUT2D eigenvalue weighted by Gasteiger charge is 2.37. The third-order valence-electron chi connectivity index (χ3n) is 1.83. The molecular formula is C9H4O4S. The van der Waals surface area contributed by atoms with Crippen LogP contribution < -0.4 is 0 Å². The summed E-state index contributed by atoms with van der Waals surface area (Å²) in [7, 11) is -3.99. The van der Waals surface area contributed by atoms with E-state index in [2.05, 4.69) is 10.1 Å². The highest BCUT2D eigenvalue weighted by atomic mass is 32.2. The maximum atomic E-state index is 11.3. The van der Waals surface area contributed by atoms with Crippen LogP contribution in [-0.2, 0) is 14.3 Å². The molecule has 0 atom stereocenters. The van der Waals surface area contributed by atoms with Gasteiger partial charge in [-0.2, -0.15) is 8.42 Å². The highest BCUT2D eigenvalue weighted by molar-refractivity contribution is 7.87. The van der Waals surface area contributed by atoms with Gasteiger partial charge in [0.2, 0.25) is 0 Å². The summed E-state index contributed by atoms with van der Waals surface area (Å²) < 4.78 is 26.8. The van der Waals surface area contributed by atoms with E-state index in [9.17, 15) is 13.2 Å². The van der Waals surface area contributed by atoms with Gasteiger partial charge in [-0.25, -0.2) is 4.79 Å². The Balaban J connectivity index is 2.91. The van der Waals surface area contributed by atoms with Crippen molar-refractivity contribution in [2.24, 2.45) is 0 Å². The predicted octanol–water partition coefficient (Wildman–Crippen LogP) is 0.527. The van der Waals surface area contributed by atoms with Gasteiger partial charge in [0, 0.05) is 5.56 Å². The summed E-state index contributed by atoms with van der Waals surface area (Å²) in [5, 5.41) is 0. The first-order valence-electron chi connectivity index (χ1n) is 3.65. The SMILES string of the molecule is C#Cc1cccc2c1S(=O)(=O)OC2=O. The van der Waals surface area contributed by atoms with E-state index in [4.69, 9.17) is 6.42 Å². The van der Waals surface area contributed by atoms with Gasteiger partial charge in [-0.05, 0) is 12.1 Å². The number of benzene rings is 1. The number of hydrogen-bond acceptors (Lipinski definition) is 4. The van der Waals surface area contributed by atoms with E-state index in [1.54, 1.807) is 0 Å². The van der Waals surface area contributed by atoms with Crippen LogP contribution in [0.25, 0.3) is 0 Å². The highest BCUT2D eigenvalue weighted by Crippen LogP contribution is 2.29. The molecular weight excluding hydrogens is 204 g/mol. The molecule has 2 rings (SSSR count). The molecule has 1 heterocycles. The van der Waals surface area contributed by atoms with Crippen LogP contribution in [0.5, 0.6) is 0 Å². The zero-order valence-electron chi connectivity index (χ0n) is 6.85. The molecule has 0 spiro atoms. The van der Waals surface area contributed by atoms with Gasteiger partial charge in [-0.1, -0.05) is 12.0 Å². The van der Waals surface area contributed by atoms with Gasteiger partial charge in [0.15, 0.2) is 0 Å². The van der Waals surface area contributed by atoms with Crippen molar-refractivity contribution in [3.05, 3.63) is 29.3 Å². The van der Waals surface area contributed by atoms with E-state index in [1.165, 1.54) is 18.2 Å². The summed E-state index contributed by atoms with van der Waals surface area (Å²) >= 11 is 0. The van der Waals surface area contributed by atoms with Crippen molar-refractivity contribution in [2.45, 2.75) is 4.90 Å². The third kappa shape index (κ3) is 1.01. The topological polar surface area (TPSA) is 60.4 Å². The Morgan fingerprint density at radius 1 is 1.36 bits per heavy atom. The zero-order valence-corrected chi connectivity index (χ0v) is 7.67. The van der Waals surface area contributed by atoms with Crippen molar-refractivity contribution < 1.29 is 17.4 Å². The lowest BCUT2D eigenvalue weighted by atomic mass is 10.1. The Hall–Kier alpha value is -1.80. The molecule has 0 bridgehead atoms. The van der Waals surface area contributed by atoms with E-state index >= 15 is 0 Å². The maximum Gasteiger partial charge on any atom is 0.355 e. The maximum absolute atomic E-state index is 11.3. The standard InChI is InChI=1S/C9H4O4S/c1-2-6-4-3-5-7-8(6)14(11,12)13-9(7)10/h1,3-5H. The molecule has 0 radical (unpaired) electrons. The fraction of sp³-hybridized carbons (Fsp3) is 0. The van der Waals surface area contributed by atoms with Crippen molar-refractivity contribution in [2.75, 3.05) is 0 Å². The molecule has 14 heavy (non-hydrogen) atoms. The fourth-order valence-corrected chi connectivity index (χ4v) is 2.46. The molecule has 0 saturated heterocycles. The Kier molecular flexibility index (Phi) is 1.63. The largest absolute Gasteiger partial charge is 0.355 e. The van der Waals surface area contributed by atoms with Crippen LogP contribution in [0.2, 0.25) is 0 Å². The summed E-state index contributed by atoms with van der Waals surface area (Å²) in [6, 6.07) is 4.32. The molecule has 1 aliphatic rings. The van der Waals surface area contributed by atoms with Crippen molar-refractivity contribution >= 4 is 16.1 Å². The molecule has 5 heteroatoms. The summed E-state index contributed by atoms with van der Waals surface area (Å²) in [4.78, 5) is 10.9. The van der Waals surface area contributed by atoms with Gasteiger partial charge in [-0.15, -0.1) is 6.42 Å². The van der Waals surface area contributed by atoms with E-state index in [-0.39, 0.29) is 16.0 Å². The number of rotatable bonds is 0. The predicted molar refractivity (Wildman–Crippen MR) is 47.0 cm³/mol. The normalized spacial score (nSPS) is 16.9. The van der Waals surface area contributed by atoms with Crippen LogP contribution in [0, 0.1) is 12.3 Å². The molecule has 0 aliphatic carbocycles. The number of hydrogen-bond donors (Lipinski definition) is 0. The summed E-state index contributed by atoms with van der Waals surface area (Å²) in [5.74, 6) is 1.31. The fourth-order valence-electron chi connectivity index (χ4n) is 1.27. The van der Waals surface area contributed by atoms with Crippen molar-refractivity contribution in [1.82, 2.24) is 0 Å². The third-order valence-corrected chi connectivity index (χ3v) is 3.14. The quantitative estimate of drug-likeness (QED) is 0.461. The molecule has 1 aromatic rings. The minimum Gasteiger partial charge on any atom is -0.338 e. The van der Waals surface area contributed by atoms with Crippen LogP contribution in [0.3, 0.4) is 0 Å². The molecule has 4 nitrogen and oxygen atoms in total. The molecule has 1 aliphatic heterocycles. The Morgan fingerprint density at radius 3 is 2.71 bits per heavy atom. The second-order valence-electron chi connectivity index (χ2n) is 2.65. The van der Waals surface area contributed by atoms with Gasteiger partial charge in [-0.3, -0.25) is 0 Å². The number of terminal acetylenes is 1. The minimum atomic E-state index is -3.99. The first kappa shape index (κ1) is 8.78. The lowest BCUT2D eigenvalue weighted by Crippen LogP contribution is -2.00. The second kappa shape index (κ2) is 2.59. The van der Waals surface area contributed by atoms with Crippen molar-refractivity contribution in [1.29, 1.82) is 0 Å².